The number of amides is 1. The van der Waals surface area contributed by atoms with E-state index in [1.54, 1.807) is 29.8 Å². The van der Waals surface area contributed by atoms with Crippen molar-refractivity contribution < 1.29 is 4.79 Å². The number of thioether (sulfide) groups is 1. The summed E-state index contributed by atoms with van der Waals surface area (Å²) in [4.78, 5) is 27.3. The number of nitrogens with one attached hydrogen (secondary N) is 1. The highest BCUT2D eigenvalue weighted by atomic mass is 35.5. The monoisotopic (exact) mass is 378 g/mol. The van der Waals surface area contributed by atoms with Gasteiger partial charge in [0, 0.05) is 16.5 Å². The third-order valence-electron chi connectivity index (χ3n) is 3.57. The fourth-order valence-corrected chi connectivity index (χ4v) is 4.29. The normalized spacial score (nSPS) is 12.3. The summed E-state index contributed by atoms with van der Waals surface area (Å²) >= 11 is 8.86. The number of halogens is 1. The zero-order valence-electron chi connectivity index (χ0n) is 13.3. The summed E-state index contributed by atoms with van der Waals surface area (Å²) in [6, 6.07) is 3.36. The van der Waals surface area contributed by atoms with Crippen LogP contribution in [0, 0.1) is 13.8 Å². The molecule has 1 amide bonds. The van der Waals surface area contributed by atoms with Crippen molar-refractivity contribution in [3.63, 3.8) is 0 Å². The van der Waals surface area contributed by atoms with Crippen molar-refractivity contribution in [2.75, 3.05) is 5.32 Å². The van der Waals surface area contributed by atoms with Gasteiger partial charge in [-0.2, -0.15) is 0 Å². The number of aromatic nitrogens is 3. The van der Waals surface area contributed by atoms with Gasteiger partial charge < -0.3 is 5.32 Å². The Morgan fingerprint density at radius 2 is 2.08 bits per heavy atom. The van der Waals surface area contributed by atoms with E-state index in [0.29, 0.717) is 10.8 Å². The Balaban J connectivity index is 1.78. The van der Waals surface area contributed by atoms with Crippen molar-refractivity contribution in [1.82, 2.24) is 15.0 Å². The van der Waals surface area contributed by atoms with Crippen molar-refractivity contribution in [1.29, 1.82) is 0 Å². The topological polar surface area (TPSA) is 67.8 Å². The highest BCUT2D eigenvalue weighted by Crippen LogP contribution is 2.36. The predicted molar refractivity (Wildman–Crippen MR) is 100 cm³/mol. The predicted octanol–water partition coefficient (Wildman–Crippen LogP) is 4.48. The fraction of sp³-hybridized carbons (Fsp3) is 0.250. The van der Waals surface area contributed by atoms with Gasteiger partial charge >= 0.3 is 0 Å². The molecule has 3 aromatic rings. The summed E-state index contributed by atoms with van der Waals surface area (Å²) in [6.45, 7) is 5.97. The number of pyridine rings is 1. The molecule has 3 rings (SSSR count). The standard InChI is InChI=1S/C16H15ClN4OS2/c1-8-9(2)23-15-13(8)16(20-7-19-15)24-10(3)14(22)21-12-5-4-11(17)6-18-12/h4-7,10H,1-3H3,(H,18,21,22)/t10-/m0/s1. The second-order valence-corrected chi connectivity index (χ2v) is 8.22. The van der Waals surface area contributed by atoms with Crippen molar-refractivity contribution in [2.24, 2.45) is 0 Å². The Labute approximate surface area is 152 Å². The number of hydrogen-bond donors (Lipinski definition) is 1. The number of thiophene rings is 1. The lowest BCUT2D eigenvalue weighted by Gasteiger charge is -2.11. The largest absolute Gasteiger partial charge is 0.310 e. The number of anilines is 1. The lowest BCUT2D eigenvalue weighted by Crippen LogP contribution is -2.23. The van der Waals surface area contributed by atoms with Gasteiger partial charge in [-0.1, -0.05) is 23.4 Å². The van der Waals surface area contributed by atoms with Gasteiger partial charge in [0.05, 0.1) is 10.3 Å². The molecule has 0 aliphatic carbocycles. The third kappa shape index (κ3) is 3.53. The van der Waals surface area contributed by atoms with E-state index < -0.39 is 0 Å². The third-order valence-corrected chi connectivity index (χ3v) is 6.01. The fourth-order valence-electron chi connectivity index (χ4n) is 2.14. The molecule has 0 saturated carbocycles. The maximum atomic E-state index is 12.4. The van der Waals surface area contributed by atoms with Gasteiger partial charge in [-0.3, -0.25) is 4.79 Å². The molecule has 1 N–H and O–H groups in total. The lowest BCUT2D eigenvalue weighted by atomic mass is 10.2. The summed E-state index contributed by atoms with van der Waals surface area (Å²) in [5.41, 5.74) is 1.17. The maximum absolute atomic E-state index is 12.4. The Hall–Kier alpha value is -1.70. The van der Waals surface area contributed by atoms with Crippen molar-refractivity contribution in [3.05, 3.63) is 40.1 Å². The first-order valence-corrected chi connectivity index (χ1v) is 9.33. The minimum Gasteiger partial charge on any atom is -0.310 e. The molecule has 5 nitrogen and oxygen atoms in total. The molecule has 0 aromatic carbocycles. The van der Waals surface area contributed by atoms with E-state index in [-0.39, 0.29) is 11.2 Å². The van der Waals surface area contributed by atoms with E-state index in [9.17, 15) is 4.79 Å². The first-order valence-electron chi connectivity index (χ1n) is 7.25. The van der Waals surface area contributed by atoms with E-state index in [4.69, 9.17) is 11.6 Å². The summed E-state index contributed by atoms with van der Waals surface area (Å²) < 4.78 is 0. The molecule has 24 heavy (non-hydrogen) atoms. The molecule has 3 aromatic heterocycles. The number of aryl methyl sites for hydroxylation is 2. The average Bonchev–Trinajstić information content (AvgIpc) is 2.85. The molecule has 0 aliphatic heterocycles. The second-order valence-electron chi connectivity index (χ2n) is 5.25. The number of carbonyl (C=O) groups excluding carboxylic acids is 1. The van der Waals surface area contributed by atoms with Crippen LogP contribution in [-0.2, 0) is 4.79 Å². The number of carbonyl (C=O) groups is 1. The summed E-state index contributed by atoms with van der Waals surface area (Å²) in [5.74, 6) is 0.346. The van der Waals surface area contributed by atoms with Gasteiger partial charge in [-0.15, -0.1) is 11.3 Å². The zero-order valence-corrected chi connectivity index (χ0v) is 15.7. The highest BCUT2D eigenvalue weighted by molar-refractivity contribution is 8.00. The Morgan fingerprint density at radius 3 is 2.79 bits per heavy atom. The molecule has 0 radical (unpaired) electrons. The molecule has 0 aliphatic rings. The number of fused-ring (bicyclic) bond motifs is 1. The van der Waals surface area contributed by atoms with E-state index in [0.717, 1.165) is 15.2 Å². The van der Waals surface area contributed by atoms with Gasteiger partial charge in [0.25, 0.3) is 0 Å². The van der Waals surface area contributed by atoms with Crippen LogP contribution in [0.2, 0.25) is 5.02 Å². The quantitative estimate of drug-likeness (QED) is 0.535. The SMILES string of the molecule is Cc1sc2ncnc(S[C@@H](C)C(=O)Nc3ccc(Cl)cn3)c2c1C. The number of rotatable bonds is 4. The van der Waals surface area contributed by atoms with Crippen LogP contribution in [0.25, 0.3) is 10.2 Å². The van der Waals surface area contributed by atoms with Crippen LogP contribution in [0.4, 0.5) is 5.82 Å². The summed E-state index contributed by atoms with van der Waals surface area (Å²) in [7, 11) is 0. The van der Waals surface area contributed by atoms with Gasteiger partial charge in [0.1, 0.15) is 22.0 Å². The second kappa shape index (κ2) is 7.04. The number of hydrogen-bond acceptors (Lipinski definition) is 6. The molecular formula is C16H15ClN4OS2. The van der Waals surface area contributed by atoms with Crippen LogP contribution in [0.1, 0.15) is 17.4 Å². The minimum atomic E-state index is -0.319. The van der Waals surface area contributed by atoms with E-state index in [1.165, 1.54) is 28.4 Å². The zero-order chi connectivity index (χ0) is 17.3. The highest BCUT2D eigenvalue weighted by Gasteiger charge is 2.19. The molecule has 1 atom stereocenters. The Kier molecular flexibility index (Phi) is 5.03. The molecule has 0 unspecified atom stereocenters. The number of nitrogens with zero attached hydrogens (tertiary/aromatic N) is 3. The van der Waals surface area contributed by atoms with Gasteiger partial charge in [-0.25, -0.2) is 15.0 Å². The van der Waals surface area contributed by atoms with E-state index >= 15 is 0 Å². The van der Waals surface area contributed by atoms with Crippen LogP contribution in [0.5, 0.6) is 0 Å². The summed E-state index contributed by atoms with van der Waals surface area (Å²) in [5, 5.41) is 4.86. The molecule has 124 valence electrons. The van der Waals surface area contributed by atoms with Crippen LogP contribution in [0.15, 0.2) is 29.7 Å². The van der Waals surface area contributed by atoms with Gasteiger partial charge in [-0.05, 0) is 38.5 Å². The molecule has 8 heteroatoms. The molecule has 0 spiro atoms. The first-order chi connectivity index (χ1) is 11.5. The summed E-state index contributed by atoms with van der Waals surface area (Å²) in [6.07, 6.45) is 3.05. The maximum Gasteiger partial charge on any atom is 0.238 e. The van der Waals surface area contributed by atoms with Gasteiger partial charge in [0.15, 0.2) is 0 Å². The van der Waals surface area contributed by atoms with Crippen LogP contribution >= 0.6 is 34.7 Å². The van der Waals surface area contributed by atoms with Crippen molar-refractivity contribution >= 4 is 56.6 Å². The average molecular weight is 379 g/mol. The lowest BCUT2D eigenvalue weighted by molar-refractivity contribution is -0.115. The molecule has 0 bridgehead atoms. The van der Waals surface area contributed by atoms with Crippen molar-refractivity contribution in [2.45, 2.75) is 31.0 Å². The molecular weight excluding hydrogens is 364 g/mol. The molecule has 0 fully saturated rings. The minimum absolute atomic E-state index is 0.133. The van der Waals surface area contributed by atoms with Crippen LogP contribution in [0.3, 0.4) is 0 Å². The van der Waals surface area contributed by atoms with Gasteiger partial charge in [0.2, 0.25) is 5.91 Å². The Bertz CT molecular complexity index is 895. The van der Waals surface area contributed by atoms with Crippen molar-refractivity contribution in [3.8, 4) is 0 Å². The first kappa shape index (κ1) is 17.1. The van der Waals surface area contributed by atoms with Crippen LogP contribution in [-0.4, -0.2) is 26.1 Å². The van der Waals surface area contributed by atoms with E-state index in [2.05, 4.69) is 34.1 Å². The molecule has 0 saturated heterocycles. The Morgan fingerprint density at radius 1 is 1.29 bits per heavy atom. The molecule has 3 heterocycles. The smallest absolute Gasteiger partial charge is 0.238 e. The van der Waals surface area contributed by atoms with E-state index in [1.807, 2.05) is 6.92 Å². The van der Waals surface area contributed by atoms with Crippen LogP contribution < -0.4 is 5.32 Å².